The molecule has 1 heterocycles. The lowest BCUT2D eigenvalue weighted by molar-refractivity contribution is -0.121. The molecule has 1 amide bonds. The molecule has 1 N–H and O–H groups in total. The SMILES string of the molecule is CNC1CCCN(c2cccc(C(C)C)c2)C1=O. The van der Waals surface area contributed by atoms with Crippen molar-refractivity contribution in [2.45, 2.75) is 38.6 Å². The number of benzene rings is 1. The van der Waals surface area contributed by atoms with Gasteiger partial charge in [-0.2, -0.15) is 0 Å². The Balaban J connectivity index is 2.25. The maximum atomic E-state index is 12.3. The molecule has 1 fully saturated rings. The summed E-state index contributed by atoms with van der Waals surface area (Å²) >= 11 is 0. The highest BCUT2D eigenvalue weighted by molar-refractivity contribution is 5.97. The first-order valence-corrected chi connectivity index (χ1v) is 6.72. The van der Waals surface area contributed by atoms with Gasteiger partial charge in [-0.05, 0) is 43.5 Å². The van der Waals surface area contributed by atoms with Gasteiger partial charge in [0.2, 0.25) is 5.91 Å². The lowest BCUT2D eigenvalue weighted by Gasteiger charge is -2.32. The number of nitrogens with one attached hydrogen (secondary N) is 1. The Morgan fingerprint density at radius 2 is 2.17 bits per heavy atom. The van der Waals surface area contributed by atoms with Crippen LogP contribution in [0, 0.1) is 0 Å². The van der Waals surface area contributed by atoms with E-state index in [0.717, 1.165) is 25.1 Å². The van der Waals surface area contributed by atoms with E-state index in [4.69, 9.17) is 0 Å². The molecule has 1 unspecified atom stereocenters. The Bertz CT molecular complexity index is 428. The molecule has 3 nitrogen and oxygen atoms in total. The van der Waals surface area contributed by atoms with Gasteiger partial charge in [0.05, 0.1) is 6.04 Å². The maximum absolute atomic E-state index is 12.3. The van der Waals surface area contributed by atoms with Crippen LogP contribution in [0.15, 0.2) is 24.3 Å². The van der Waals surface area contributed by atoms with E-state index in [9.17, 15) is 4.79 Å². The van der Waals surface area contributed by atoms with Crippen LogP contribution in [0.4, 0.5) is 5.69 Å². The van der Waals surface area contributed by atoms with Crippen molar-refractivity contribution >= 4 is 11.6 Å². The molecule has 0 aromatic heterocycles. The minimum atomic E-state index is -0.0264. The quantitative estimate of drug-likeness (QED) is 0.889. The third kappa shape index (κ3) is 2.56. The number of hydrogen-bond acceptors (Lipinski definition) is 2. The van der Waals surface area contributed by atoms with E-state index < -0.39 is 0 Å². The molecule has 0 aliphatic carbocycles. The van der Waals surface area contributed by atoms with Crippen LogP contribution in [0.1, 0.15) is 38.2 Å². The van der Waals surface area contributed by atoms with Gasteiger partial charge in [-0.25, -0.2) is 0 Å². The minimum Gasteiger partial charge on any atom is -0.311 e. The smallest absolute Gasteiger partial charge is 0.244 e. The number of likely N-dealkylation sites (N-methyl/N-ethyl adjacent to an activating group) is 1. The van der Waals surface area contributed by atoms with E-state index in [1.165, 1.54) is 5.56 Å². The highest BCUT2D eigenvalue weighted by Gasteiger charge is 2.28. The Labute approximate surface area is 109 Å². The summed E-state index contributed by atoms with van der Waals surface area (Å²) < 4.78 is 0. The summed E-state index contributed by atoms with van der Waals surface area (Å²) in [6.45, 7) is 5.18. The molecule has 0 saturated carbocycles. The van der Waals surface area contributed by atoms with E-state index in [-0.39, 0.29) is 11.9 Å². The van der Waals surface area contributed by atoms with Crippen molar-refractivity contribution in [3.8, 4) is 0 Å². The zero-order valence-electron chi connectivity index (χ0n) is 11.4. The van der Waals surface area contributed by atoms with Gasteiger partial charge < -0.3 is 10.2 Å². The van der Waals surface area contributed by atoms with Crippen molar-refractivity contribution in [3.05, 3.63) is 29.8 Å². The summed E-state index contributed by atoms with van der Waals surface area (Å²) in [4.78, 5) is 14.2. The molecule has 2 rings (SSSR count). The first-order chi connectivity index (χ1) is 8.63. The van der Waals surface area contributed by atoms with Crippen LogP contribution in [0.2, 0.25) is 0 Å². The lowest BCUT2D eigenvalue weighted by atomic mass is 10.0. The highest BCUT2D eigenvalue weighted by Crippen LogP contribution is 2.25. The topological polar surface area (TPSA) is 32.3 Å². The zero-order chi connectivity index (χ0) is 13.1. The molecular weight excluding hydrogens is 224 g/mol. The molecule has 1 aliphatic heterocycles. The largest absolute Gasteiger partial charge is 0.311 e. The Kier molecular flexibility index (Phi) is 4.02. The number of piperidine rings is 1. The third-order valence-electron chi connectivity index (χ3n) is 3.64. The fourth-order valence-corrected chi connectivity index (χ4v) is 2.45. The first-order valence-electron chi connectivity index (χ1n) is 6.72. The molecule has 98 valence electrons. The van der Waals surface area contributed by atoms with Gasteiger partial charge >= 0.3 is 0 Å². The Morgan fingerprint density at radius 1 is 1.39 bits per heavy atom. The predicted molar refractivity (Wildman–Crippen MR) is 75.0 cm³/mol. The van der Waals surface area contributed by atoms with Crippen molar-refractivity contribution in [2.24, 2.45) is 0 Å². The number of carbonyl (C=O) groups excluding carboxylic acids is 1. The average Bonchev–Trinajstić information content (AvgIpc) is 2.39. The summed E-state index contributed by atoms with van der Waals surface area (Å²) in [5.74, 6) is 0.689. The standard InChI is InChI=1S/C15H22N2O/c1-11(2)12-6-4-7-13(10-12)17-9-5-8-14(16-3)15(17)18/h4,6-7,10-11,14,16H,5,8-9H2,1-3H3. The molecule has 3 heteroatoms. The summed E-state index contributed by atoms with van der Waals surface area (Å²) in [7, 11) is 1.86. The van der Waals surface area contributed by atoms with Crippen LogP contribution >= 0.6 is 0 Å². The Hall–Kier alpha value is -1.35. The molecule has 18 heavy (non-hydrogen) atoms. The normalized spacial score (nSPS) is 20.6. The second-order valence-corrected chi connectivity index (χ2v) is 5.22. The fourth-order valence-electron chi connectivity index (χ4n) is 2.45. The zero-order valence-corrected chi connectivity index (χ0v) is 11.4. The molecule has 1 aliphatic rings. The Morgan fingerprint density at radius 3 is 2.83 bits per heavy atom. The van der Waals surface area contributed by atoms with Crippen LogP contribution in [-0.2, 0) is 4.79 Å². The molecule has 1 saturated heterocycles. The average molecular weight is 246 g/mol. The molecular formula is C15H22N2O. The van der Waals surface area contributed by atoms with E-state index in [1.54, 1.807) is 0 Å². The molecule has 1 aromatic rings. The number of hydrogen-bond donors (Lipinski definition) is 1. The van der Waals surface area contributed by atoms with Crippen LogP contribution in [0.3, 0.4) is 0 Å². The third-order valence-corrected chi connectivity index (χ3v) is 3.64. The second-order valence-electron chi connectivity index (χ2n) is 5.22. The van der Waals surface area contributed by atoms with Gasteiger partial charge in [-0.3, -0.25) is 4.79 Å². The summed E-state index contributed by atoms with van der Waals surface area (Å²) in [5.41, 5.74) is 2.32. The lowest BCUT2D eigenvalue weighted by Crippen LogP contribution is -2.49. The number of carbonyl (C=O) groups is 1. The van der Waals surface area contributed by atoms with Crippen LogP contribution in [-0.4, -0.2) is 25.5 Å². The van der Waals surface area contributed by atoms with E-state index in [1.807, 2.05) is 24.1 Å². The van der Waals surface area contributed by atoms with Crippen molar-refractivity contribution < 1.29 is 4.79 Å². The van der Waals surface area contributed by atoms with E-state index in [0.29, 0.717) is 5.92 Å². The van der Waals surface area contributed by atoms with Gasteiger partial charge in [0.25, 0.3) is 0 Å². The maximum Gasteiger partial charge on any atom is 0.244 e. The number of anilines is 1. The van der Waals surface area contributed by atoms with Crippen LogP contribution < -0.4 is 10.2 Å². The van der Waals surface area contributed by atoms with Gasteiger partial charge in [-0.1, -0.05) is 26.0 Å². The van der Waals surface area contributed by atoms with Gasteiger partial charge in [-0.15, -0.1) is 0 Å². The fraction of sp³-hybridized carbons (Fsp3) is 0.533. The van der Waals surface area contributed by atoms with Gasteiger partial charge in [0.15, 0.2) is 0 Å². The molecule has 1 aromatic carbocycles. The summed E-state index contributed by atoms with van der Waals surface area (Å²) in [6, 6.07) is 8.31. The minimum absolute atomic E-state index is 0.0264. The summed E-state index contributed by atoms with van der Waals surface area (Å²) in [6.07, 6.45) is 2.00. The van der Waals surface area contributed by atoms with Crippen molar-refractivity contribution in [3.63, 3.8) is 0 Å². The van der Waals surface area contributed by atoms with Gasteiger partial charge in [0, 0.05) is 12.2 Å². The van der Waals surface area contributed by atoms with Crippen LogP contribution in [0.25, 0.3) is 0 Å². The monoisotopic (exact) mass is 246 g/mol. The predicted octanol–water partition coefficient (Wildman–Crippen LogP) is 2.52. The number of amides is 1. The summed E-state index contributed by atoms with van der Waals surface area (Å²) in [5, 5.41) is 3.10. The second kappa shape index (κ2) is 5.53. The van der Waals surface area contributed by atoms with Gasteiger partial charge in [0.1, 0.15) is 0 Å². The highest BCUT2D eigenvalue weighted by atomic mass is 16.2. The number of nitrogens with zero attached hydrogens (tertiary/aromatic N) is 1. The molecule has 1 atom stereocenters. The van der Waals surface area contributed by atoms with Crippen molar-refractivity contribution in [1.29, 1.82) is 0 Å². The van der Waals surface area contributed by atoms with Crippen molar-refractivity contribution in [2.75, 3.05) is 18.5 Å². The molecule has 0 spiro atoms. The molecule has 0 bridgehead atoms. The van der Waals surface area contributed by atoms with Crippen molar-refractivity contribution in [1.82, 2.24) is 5.32 Å². The van der Waals surface area contributed by atoms with E-state index in [2.05, 4.69) is 31.3 Å². The first kappa shape index (κ1) is 13.1. The van der Waals surface area contributed by atoms with Crippen LogP contribution in [0.5, 0.6) is 0 Å². The molecule has 0 radical (unpaired) electrons. The number of rotatable bonds is 3. The van der Waals surface area contributed by atoms with E-state index >= 15 is 0 Å².